The molecule has 2 fully saturated rings. The lowest BCUT2D eigenvalue weighted by molar-refractivity contribution is 0.0321. The summed E-state index contributed by atoms with van der Waals surface area (Å²) in [5.41, 5.74) is 3.90. The monoisotopic (exact) mass is 389 g/mol. The number of hydrogen-bond acceptors (Lipinski definition) is 2. The Kier molecular flexibility index (Phi) is 5.98. The first-order chi connectivity index (χ1) is 14.3. The van der Waals surface area contributed by atoms with Gasteiger partial charge < -0.3 is 9.88 Å². The summed E-state index contributed by atoms with van der Waals surface area (Å²) in [6, 6.07) is 17.1. The van der Waals surface area contributed by atoms with Crippen LogP contribution in [0.15, 0.2) is 54.9 Å². The summed E-state index contributed by atoms with van der Waals surface area (Å²) in [7, 11) is 0. The molecule has 4 nitrogen and oxygen atoms in total. The molecule has 1 aromatic heterocycles. The summed E-state index contributed by atoms with van der Waals surface area (Å²) in [4.78, 5) is 23.2. The number of rotatable bonds is 2. The maximum Gasteiger partial charge on any atom is 0.256 e. The summed E-state index contributed by atoms with van der Waals surface area (Å²) in [6.45, 7) is 4.83. The number of hydrogen-bond donors (Lipinski definition) is 1. The molecule has 2 aliphatic rings. The molecule has 5 rings (SSSR count). The van der Waals surface area contributed by atoms with Gasteiger partial charge in [-0.15, -0.1) is 0 Å². The number of nitrogens with one attached hydrogen (secondary N) is 1. The second kappa shape index (κ2) is 8.81. The molecule has 3 atom stereocenters. The normalized spacial score (nSPS) is 23.8. The molecule has 2 heterocycles. The Bertz CT molecular complexity index is 949. The largest absolute Gasteiger partial charge is 0.345 e. The fourth-order valence-corrected chi connectivity index (χ4v) is 5.31. The standard InChI is InChI=1S/C23H25N3O.C2H6/c27-23(19-10-6-11-20-22(19)25-15-24-20)26-14-13-17(16-7-2-1-3-8-16)18-9-4-5-12-21(18)26;1-2/h1-3,6-8,10-11,15,17-18,21H,4-5,9,12-14H2,(H,24,25);1-2H3/t17-,18?,21-;/m1./s1. The molecule has 1 saturated carbocycles. The van der Waals surface area contributed by atoms with Gasteiger partial charge in [0, 0.05) is 12.6 Å². The number of para-hydroxylation sites is 1. The molecule has 3 aromatic rings. The van der Waals surface area contributed by atoms with Crippen molar-refractivity contribution in [3.05, 3.63) is 66.0 Å². The summed E-state index contributed by atoms with van der Waals surface area (Å²) < 4.78 is 0. The Morgan fingerprint density at radius 2 is 1.79 bits per heavy atom. The van der Waals surface area contributed by atoms with E-state index in [1.165, 1.54) is 24.8 Å². The summed E-state index contributed by atoms with van der Waals surface area (Å²) >= 11 is 0. The zero-order valence-corrected chi connectivity index (χ0v) is 17.5. The number of H-pyrrole nitrogens is 1. The topological polar surface area (TPSA) is 49.0 Å². The van der Waals surface area contributed by atoms with E-state index in [0.717, 1.165) is 36.0 Å². The quantitative estimate of drug-likeness (QED) is 0.604. The highest BCUT2D eigenvalue weighted by molar-refractivity contribution is 6.04. The van der Waals surface area contributed by atoms with Crippen LogP contribution < -0.4 is 0 Å². The lowest BCUT2D eigenvalue weighted by Gasteiger charge is -2.48. The summed E-state index contributed by atoms with van der Waals surface area (Å²) in [6.07, 6.45) is 7.57. The molecule has 29 heavy (non-hydrogen) atoms. The van der Waals surface area contributed by atoms with Crippen molar-refractivity contribution in [2.75, 3.05) is 6.54 Å². The number of aromatic nitrogens is 2. The minimum atomic E-state index is 0.149. The molecule has 0 bridgehead atoms. The zero-order valence-electron chi connectivity index (χ0n) is 17.5. The Balaban J connectivity index is 0.000000994. The maximum absolute atomic E-state index is 13.5. The first-order valence-electron chi connectivity index (χ1n) is 11.1. The molecule has 1 N–H and O–H groups in total. The van der Waals surface area contributed by atoms with Gasteiger partial charge >= 0.3 is 0 Å². The van der Waals surface area contributed by atoms with Crippen molar-refractivity contribution in [2.24, 2.45) is 5.92 Å². The Morgan fingerprint density at radius 3 is 2.62 bits per heavy atom. The maximum atomic E-state index is 13.5. The predicted molar refractivity (Wildman–Crippen MR) is 118 cm³/mol. The van der Waals surface area contributed by atoms with Gasteiger partial charge in [-0.2, -0.15) is 0 Å². The number of nitrogens with zero attached hydrogens (tertiary/aromatic N) is 2. The highest BCUT2D eigenvalue weighted by Gasteiger charge is 2.42. The molecule has 1 aliphatic heterocycles. The highest BCUT2D eigenvalue weighted by Crippen LogP contribution is 2.44. The van der Waals surface area contributed by atoms with Gasteiger partial charge in [0.2, 0.25) is 0 Å². The molecule has 1 saturated heterocycles. The molecule has 0 radical (unpaired) electrons. The van der Waals surface area contributed by atoms with Gasteiger partial charge in [0.05, 0.1) is 17.4 Å². The Hall–Kier alpha value is -2.62. The number of amides is 1. The van der Waals surface area contributed by atoms with E-state index in [2.05, 4.69) is 45.2 Å². The second-order valence-corrected chi connectivity index (χ2v) is 7.92. The zero-order chi connectivity index (χ0) is 20.2. The number of fused-ring (bicyclic) bond motifs is 2. The van der Waals surface area contributed by atoms with Crippen molar-refractivity contribution < 1.29 is 4.79 Å². The number of aromatic amines is 1. The van der Waals surface area contributed by atoms with Crippen LogP contribution in [0.3, 0.4) is 0 Å². The summed E-state index contributed by atoms with van der Waals surface area (Å²) in [5, 5.41) is 0. The van der Waals surface area contributed by atoms with Crippen molar-refractivity contribution in [3.8, 4) is 0 Å². The van der Waals surface area contributed by atoms with E-state index >= 15 is 0 Å². The van der Waals surface area contributed by atoms with E-state index in [4.69, 9.17) is 0 Å². The van der Waals surface area contributed by atoms with Gasteiger partial charge in [-0.05, 0) is 48.8 Å². The first kappa shape index (κ1) is 19.7. The fraction of sp³-hybridized carbons (Fsp3) is 0.440. The smallest absolute Gasteiger partial charge is 0.256 e. The Labute approximate surface area is 173 Å². The van der Waals surface area contributed by atoms with E-state index in [0.29, 0.717) is 17.9 Å². The van der Waals surface area contributed by atoms with E-state index in [9.17, 15) is 4.79 Å². The molecule has 1 amide bonds. The van der Waals surface area contributed by atoms with Gasteiger partial charge in [-0.25, -0.2) is 4.98 Å². The van der Waals surface area contributed by atoms with Crippen LogP contribution in [-0.4, -0.2) is 33.4 Å². The average molecular weight is 390 g/mol. The number of piperidine rings is 1. The van der Waals surface area contributed by atoms with Crippen LogP contribution in [-0.2, 0) is 0 Å². The van der Waals surface area contributed by atoms with Crippen molar-refractivity contribution >= 4 is 16.9 Å². The lowest BCUT2D eigenvalue weighted by atomic mass is 9.69. The van der Waals surface area contributed by atoms with E-state index in [1.54, 1.807) is 6.33 Å². The predicted octanol–water partition coefficient (Wildman–Crippen LogP) is 5.78. The van der Waals surface area contributed by atoms with Crippen molar-refractivity contribution in [3.63, 3.8) is 0 Å². The fourth-order valence-electron chi connectivity index (χ4n) is 5.31. The number of carbonyl (C=O) groups excluding carboxylic acids is 1. The average Bonchev–Trinajstić information content (AvgIpc) is 3.29. The van der Waals surface area contributed by atoms with Crippen LogP contribution in [0.5, 0.6) is 0 Å². The van der Waals surface area contributed by atoms with Gasteiger partial charge in [0.1, 0.15) is 5.52 Å². The number of carbonyl (C=O) groups is 1. The van der Waals surface area contributed by atoms with E-state index in [-0.39, 0.29) is 5.91 Å². The molecule has 152 valence electrons. The first-order valence-corrected chi connectivity index (χ1v) is 11.1. The molecule has 4 heteroatoms. The number of likely N-dealkylation sites (tertiary alicyclic amines) is 1. The van der Waals surface area contributed by atoms with E-state index in [1.807, 2.05) is 32.0 Å². The van der Waals surface area contributed by atoms with Crippen molar-refractivity contribution in [1.29, 1.82) is 0 Å². The molecule has 0 spiro atoms. The number of imidazole rings is 1. The minimum Gasteiger partial charge on any atom is -0.345 e. The van der Waals surface area contributed by atoms with Crippen molar-refractivity contribution in [1.82, 2.24) is 14.9 Å². The SMILES string of the molecule is CC.O=C(c1cccc2[nH]cnc12)N1CC[C@H](c2ccccc2)C2CCCC[C@H]21. The lowest BCUT2D eigenvalue weighted by Crippen LogP contribution is -2.52. The summed E-state index contributed by atoms with van der Waals surface area (Å²) in [5.74, 6) is 1.29. The van der Waals surface area contributed by atoms with Crippen LogP contribution in [0.4, 0.5) is 0 Å². The molecular formula is C25H31N3O. The minimum absolute atomic E-state index is 0.149. The molecule has 1 unspecified atom stereocenters. The van der Waals surface area contributed by atoms with Gasteiger partial charge in [-0.1, -0.05) is 63.1 Å². The van der Waals surface area contributed by atoms with Crippen LogP contribution >= 0.6 is 0 Å². The molecule has 1 aliphatic carbocycles. The van der Waals surface area contributed by atoms with E-state index < -0.39 is 0 Å². The number of benzene rings is 2. The van der Waals surface area contributed by atoms with Gasteiger partial charge in [-0.3, -0.25) is 4.79 Å². The van der Waals surface area contributed by atoms with Gasteiger partial charge in [0.25, 0.3) is 5.91 Å². The van der Waals surface area contributed by atoms with Crippen LogP contribution in [0.2, 0.25) is 0 Å². The van der Waals surface area contributed by atoms with Crippen LogP contribution in [0.25, 0.3) is 11.0 Å². The third kappa shape index (κ3) is 3.68. The Morgan fingerprint density at radius 1 is 1.00 bits per heavy atom. The van der Waals surface area contributed by atoms with Crippen LogP contribution in [0.1, 0.15) is 67.8 Å². The second-order valence-electron chi connectivity index (χ2n) is 7.92. The molecular weight excluding hydrogens is 358 g/mol. The molecule has 2 aromatic carbocycles. The van der Waals surface area contributed by atoms with Crippen molar-refractivity contribution in [2.45, 2.75) is 57.9 Å². The van der Waals surface area contributed by atoms with Gasteiger partial charge in [0.15, 0.2) is 0 Å². The highest BCUT2D eigenvalue weighted by atomic mass is 16.2. The van der Waals surface area contributed by atoms with Crippen LogP contribution in [0, 0.1) is 5.92 Å². The third-order valence-electron chi connectivity index (χ3n) is 6.55. The third-order valence-corrected chi connectivity index (χ3v) is 6.55.